The van der Waals surface area contributed by atoms with Crippen molar-refractivity contribution in [2.75, 3.05) is 20.6 Å². The van der Waals surface area contributed by atoms with E-state index in [1.54, 1.807) is 0 Å². The van der Waals surface area contributed by atoms with E-state index in [0.717, 1.165) is 19.4 Å². The van der Waals surface area contributed by atoms with Gasteiger partial charge in [-0.15, -0.1) is 0 Å². The van der Waals surface area contributed by atoms with Crippen molar-refractivity contribution in [2.45, 2.75) is 70.6 Å². The van der Waals surface area contributed by atoms with E-state index < -0.39 is 12.6 Å². The van der Waals surface area contributed by atoms with Gasteiger partial charge in [-0.25, -0.2) is 0 Å². The van der Waals surface area contributed by atoms with Gasteiger partial charge in [0.1, 0.15) is 0 Å². The molecule has 1 unspecified atom stereocenters. The van der Waals surface area contributed by atoms with E-state index in [9.17, 15) is 13.2 Å². The number of nitrogens with one attached hydrogen (secondary N) is 1. The fourth-order valence-electron chi connectivity index (χ4n) is 3.00. The van der Waals surface area contributed by atoms with Crippen LogP contribution in [0.15, 0.2) is 0 Å². The lowest BCUT2D eigenvalue weighted by atomic mass is 9.80. The minimum atomic E-state index is -4.05. The molecule has 0 saturated heterocycles. The van der Waals surface area contributed by atoms with Crippen molar-refractivity contribution in [3.63, 3.8) is 0 Å². The van der Waals surface area contributed by atoms with Crippen molar-refractivity contribution in [1.29, 1.82) is 0 Å². The van der Waals surface area contributed by atoms with Gasteiger partial charge in [0.15, 0.2) is 0 Å². The van der Waals surface area contributed by atoms with Crippen LogP contribution in [0.3, 0.4) is 0 Å². The zero-order valence-electron chi connectivity index (χ0n) is 12.9. The first-order chi connectivity index (χ1) is 8.73. The van der Waals surface area contributed by atoms with Crippen molar-refractivity contribution < 1.29 is 13.2 Å². The van der Waals surface area contributed by atoms with Crippen LogP contribution >= 0.6 is 0 Å². The number of likely N-dealkylation sites (N-methyl/N-ethyl adjacent to an activating group) is 2. The van der Waals surface area contributed by atoms with Gasteiger partial charge in [-0.3, -0.25) is 0 Å². The third kappa shape index (κ3) is 5.69. The van der Waals surface area contributed by atoms with Gasteiger partial charge in [0.05, 0.1) is 0 Å². The molecule has 5 heteroatoms. The maximum atomic E-state index is 12.3. The van der Waals surface area contributed by atoms with Gasteiger partial charge in [-0.05, 0) is 46.3 Å². The Morgan fingerprint density at radius 1 is 1.05 bits per heavy atom. The predicted molar refractivity (Wildman–Crippen MR) is 74.4 cm³/mol. The third-order valence-electron chi connectivity index (χ3n) is 4.17. The van der Waals surface area contributed by atoms with Gasteiger partial charge >= 0.3 is 6.18 Å². The number of alkyl halides is 3. The molecule has 0 heterocycles. The van der Waals surface area contributed by atoms with E-state index in [-0.39, 0.29) is 18.0 Å². The molecule has 2 nitrogen and oxygen atoms in total. The van der Waals surface area contributed by atoms with E-state index in [1.807, 2.05) is 21.0 Å². The normalized spacial score (nSPS) is 15.0. The topological polar surface area (TPSA) is 15.3 Å². The summed E-state index contributed by atoms with van der Waals surface area (Å²) < 4.78 is 36.8. The smallest absolute Gasteiger partial charge is 0.312 e. The van der Waals surface area contributed by atoms with E-state index in [0.29, 0.717) is 6.42 Å². The molecule has 0 aromatic carbocycles. The Bertz CT molecular complexity index is 235. The van der Waals surface area contributed by atoms with Crippen molar-refractivity contribution in [1.82, 2.24) is 10.2 Å². The molecule has 1 N–H and O–H groups in total. The molecule has 0 bridgehead atoms. The summed E-state index contributed by atoms with van der Waals surface area (Å²) in [6, 6.07) is 0.102. The zero-order chi connectivity index (χ0) is 15.1. The molecule has 116 valence electrons. The monoisotopic (exact) mass is 282 g/mol. The minimum absolute atomic E-state index is 0.0678. The molecule has 0 aliphatic rings. The maximum Gasteiger partial charge on any atom is 0.389 e. The average Bonchev–Trinajstić information content (AvgIpc) is 2.29. The summed E-state index contributed by atoms with van der Waals surface area (Å²) in [4.78, 5) is 2.16. The second kappa shape index (κ2) is 8.10. The molecule has 0 rings (SSSR count). The van der Waals surface area contributed by atoms with Gasteiger partial charge < -0.3 is 10.2 Å². The van der Waals surface area contributed by atoms with Crippen LogP contribution in [0, 0.1) is 0 Å². The Morgan fingerprint density at radius 2 is 1.58 bits per heavy atom. The van der Waals surface area contributed by atoms with Crippen molar-refractivity contribution in [2.24, 2.45) is 0 Å². The molecule has 0 aromatic rings. The van der Waals surface area contributed by atoms with Gasteiger partial charge in [-0.2, -0.15) is 13.2 Å². The first-order valence-electron chi connectivity index (χ1n) is 7.21. The van der Waals surface area contributed by atoms with Crippen LogP contribution in [-0.2, 0) is 0 Å². The highest BCUT2D eigenvalue weighted by Crippen LogP contribution is 2.30. The number of rotatable bonds is 9. The molecule has 0 aliphatic heterocycles. The van der Waals surface area contributed by atoms with Crippen LogP contribution < -0.4 is 5.32 Å². The van der Waals surface area contributed by atoms with Crippen LogP contribution in [0.4, 0.5) is 13.2 Å². The summed E-state index contributed by atoms with van der Waals surface area (Å²) in [7, 11) is 4.03. The molecular formula is C14H29F3N2. The highest BCUT2D eigenvalue weighted by atomic mass is 19.4. The average molecular weight is 282 g/mol. The lowest BCUT2D eigenvalue weighted by Gasteiger charge is -2.45. The molecule has 0 saturated carbocycles. The van der Waals surface area contributed by atoms with Crippen molar-refractivity contribution in [3.8, 4) is 0 Å². The first kappa shape index (κ1) is 18.7. The van der Waals surface area contributed by atoms with Gasteiger partial charge in [-0.1, -0.05) is 20.8 Å². The quantitative estimate of drug-likeness (QED) is 0.691. The fraction of sp³-hybridized carbons (Fsp3) is 1.00. The summed E-state index contributed by atoms with van der Waals surface area (Å²) in [5, 5.41) is 3.38. The largest absolute Gasteiger partial charge is 0.389 e. The standard InChI is InChI=1S/C14H29F3N2/c1-6-13(7-2,19(4)5)12(18-8-3)10-9-11-14(15,16)17/h12,18H,6-11H2,1-5H3. The molecule has 0 fully saturated rings. The molecule has 0 amide bonds. The Balaban J connectivity index is 4.76. The van der Waals surface area contributed by atoms with E-state index in [1.165, 1.54) is 0 Å². The summed E-state index contributed by atoms with van der Waals surface area (Å²) in [6.07, 6.45) is -2.12. The van der Waals surface area contributed by atoms with Gasteiger partial charge in [0, 0.05) is 18.0 Å². The molecular weight excluding hydrogens is 253 g/mol. The summed E-state index contributed by atoms with van der Waals surface area (Å²) >= 11 is 0. The highest BCUT2D eigenvalue weighted by molar-refractivity contribution is 4.96. The predicted octanol–water partition coefficient (Wildman–Crippen LogP) is 3.82. The van der Waals surface area contributed by atoms with Crippen LogP contribution in [-0.4, -0.2) is 43.3 Å². The van der Waals surface area contributed by atoms with Gasteiger partial charge in [0.25, 0.3) is 0 Å². The lowest BCUT2D eigenvalue weighted by molar-refractivity contribution is -0.136. The number of hydrogen-bond acceptors (Lipinski definition) is 2. The summed E-state index contributed by atoms with van der Waals surface area (Å²) in [6.45, 7) is 7.00. The van der Waals surface area contributed by atoms with E-state index in [2.05, 4.69) is 24.1 Å². The Morgan fingerprint density at radius 3 is 1.89 bits per heavy atom. The van der Waals surface area contributed by atoms with Crippen molar-refractivity contribution >= 4 is 0 Å². The Labute approximate surface area is 115 Å². The fourth-order valence-corrected chi connectivity index (χ4v) is 3.00. The first-order valence-corrected chi connectivity index (χ1v) is 7.21. The van der Waals surface area contributed by atoms with Gasteiger partial charge in [0.2, 0.25) is 0 Å². The number of nitrogens with zero attached hydrogens (tertiary/aromatic N) is 1. The van der Waals surface area contributed by atoms with E-state index >= 15 is 0 Å². The Hall–Kier alpha value is -0.290. The molecule has 1 atom stereocenters. The summed E-state index contributed by atoms with van der Waals surface area (Å²) in [5.74, 6) is 0. The molecule has 0 spiro atoms. The minimum Gasteiger partial charge on any atom is -0.312 e. The van der Waals surface area contributed by atoms with Crippen LogP contribution in [0.1, 0.15) is 52.9 Å². The zero-order valence-corrected chi connectivity index (χ0v) is 12.9. The highest BCUT2D eigenvalue weighted by Gasteiger charge is 2.37. The molecule has 0 aliphatic carbocycles. The van der Waals surface area contributed by atoms with Crippen LogP contribution in [0.2, 0.25) is 0 Å². The summed E-state index contributed by atoms with van der Waals surface area (Å²) in [5.41, 5.74) is -0.0678. The second-order valence-corrected chi connectivity index (χ2v) is 5.32. The lowest BCUT2D eigenvalue weighted by Crippen LogP contribution is -2.58. The Kier molecular flexibility index (Phi) is 7.98. The maximum absolute atomic E-state index is 12.3. The SMILES string of the molecule is CCNC(CCCC(F)(F)F)C(CC)(CC)N(C)C. The number of hydrogen-bond donors (Lipinski definition) is 1. The number of halogens is 3. The second-order valence-electron chi connectivity index (χ2n) is 5.32. The van der Waals surface area contributed by atoms with Crippen LogP contribution in [0.25, 0.3) is 0 Å². The molecule has 0 radical (unpaired) electrons. The molecule has 0 aromatic heterocycles. The third-order valence-corrected chi connectivity index (χ3v) is 4.17. The van der Waals surface area contributed by atoms with Crippen LogP contribution in [0.5, 0.6) is 0 Å². The van der Waals surface area contributed by atoms with Crippen molar-refractivity contribution in [3.05, 3.63) is 0 Å². The van der Waals surface area contributed by atoms with E-state index in [4.69, 9.17) is 0 Å². The molecule has 19 heavy (non-hydrogen) atoms.